The maximum atomic E-state index is 13.2. The van der Waals surface area contributed by atoms with Crippen molar-refractivity contribution in [1.82, 2.24) is 9.80 Å². The van der Waals surface area contributed by atoms with Crippen molar-refractivity contribution in [2.24, 2.45) is 5.92 Å². The van der Waals surface area contributed by atoms with Crippen molar-refractivity contribution in [3.63, 3.8) is 0 Å². The first-order chi connectivity index (χ1) is 10.4. The van der Waals surface area contributed by atoms with Gasteiger partial charge in [-0.1, -0.05) is 13.8 Å². The highest BCUT2D eigenvalue weighted by Gasteiger charge is 2.24. The summed E-state index contributed by atoms with van der Waals surface area (Å²) < 4.78 is 26.2. The average molecular weight is 310 g/mol. The van der Waals surface area contributed by atoms with Crippen molar-refractivity contribution in [1.29, 1.82) is 0 Å². The van der Waals surface area contributed by atoms with E-state index in [4.69, 9.17) is 0 Å². The summed E-state index contributed by atoms with van der Waals surface area (Å²) in [5.74, 6) is -2.34. The van der Waals surface area contributed by atoms with Crippen molar-refractivity contribution < 1.29 is 18.4 Å². The fourth-order valence-electron chi connectivity index (χ4n) is 2.52. The maximum Gasteiger partial charge on any atom is 0.254 e. The molecule has 1 aliphatic heterocycles. The molecule has 1 saturated heterocycles. The lowest BCUT2D eigenvalue weighted by Gasteiger charge is -2.23. The van der Waals surface area contributed by atoms with Crippen LogP contribution in [0, 0.1) is 17.6 Å². The molecule has 2 rings (SSSR count). The van der Waals surface area contributed by atoms with E-state index < -0.39 is 11.6 Å². The third-order valence-electron chi connectivity index (χ3n) is 3.76. The van der Waals surface area contributed by atoms with Crippen LogP contribution in [0.1, 0.15) is 30.6 Å². The second kappa shape index (κ2) is 6.85. The van der Waals surface area contributed by atoms with Crippen LogP contribution in [0.15, 0.2) is 18.2 Å². The number of nitrogens with zero attached hydrogens (tertiary/aromatic N) is 2. The highest BCUT2D eigenvalue weighted by Crippen LogP contribution is 2.14. The number of amides is 2. The lowest BCUT2D eigenvalue weighted by atomic mass is 10.2. The topological polar surface area (TPSA) is 40.6 Å². The quantitative estimate of drug-likeness (QED) is 0.841. The van der Waals surface area contributed by atoms with Crippen molar-refractivity contribution >= 4 is 11.8 Å². The van der Waals surface area contributed by atoms with E-state index in [2.05, 4.69) is 0 Å². The van der Waals surface area contributed by atoms with Crippen LogP contribution in [0.4, 0.5) is 8.78 Å². The molecule has 0 aliphatic carbocycles. The summed E-state index contributed by atoms with van der Waals surface area (Å²) in [6.45, 7) is 5.66. The Labute approximate surface area is 128 Å². The smallest absolute Gasteiger partial charge is 0.254 e. The van der Waals surface area contributed by atoms with Gasteiger partial charge in [-0.3, -0.25) is 9.59 Å². The highest BCUT2D eigenvalue weighted by atomic mass is 19.2. The summed E-state index contributed by atoms with van der Waals surface area (Å²) in [6, 6.07) is 3.15. The molecule has 1 aromatic carbocycles. The molecule has 4 nitrogen and oxygen atoms in total. The third kappa shape index (κ3) is 3.61. The van der Waals surface area contributed by atoms with Crippen molar-refractivity contribution in [2.45, 2.75) is 20.3 Å². The molecule has 1 aromatic rings. The molecule has 1 heterocycles. The number of hydrogen-bond donors (Lipinski definition) is 0. The van der Waals surface area contributed by atoms with E-state index in [1.165, 1.54) is 6.07 Å². The summed E-state index contributed by atoms with van der Waals surface area (Å²) in [6.07, 6.45) is 0.674. The summed E-state index contributed by atoms with van der Waals surface area (Å²) in [5.41, 5.74) is 0.127. The monoisotopic (exact) mass is 310 g/mol. The first-order valence-corrected chi connectivity index (χ1v) is 7.43. The SMILES string of the molecule is CC(C)C(=O)N1CCCN(C(=O)c2ccc(F)c(F)c2)CC1. The average Bonchev–Trinajstić information content (AvgIpc) is 2.74. The van der Waals surface area contributed by atoms with E-state index in [9.17, 15) is 18.4 Å². The third-order valence-corrected chi connectivity index (χ3v) is 3.76. The molecule has 2 amide bonds. The standard InChI is InChI=1S/C16H20F2N2O2/c1-11(2)15(21)19-6-3-7-20(9-8-19)16(22)12-4-5-13(17)14(18)10-12/h4-5,10-11H,3,6-9H2,1-2H3. The zero-order valence-electron chi connectivity index (χ0n) is 12.8. The molecule has 22 heavy (non-hydrogen) atoms. The second-order valence-electron chi connectivity index (χ2n) is 5.75. The molecule has 0 bridgehead atoms. The Morgan fingerprint density at radius 1 is 1.00 bits per heavy atom. The van der Waals surface area contributed by atoms with Gasteiger partial charge in [-0.05, 0) is 24.6 Å². The number of hydrogen-bond acceptors (Lipinski definition) is 2. The fraction of sp³-hybridized carbons (Fsp3) is 0.500. The predicted octanol–water partition coefficient (Wildman–Crippen LogP) is 2.30. The highest BCUT2D eigenvalue weighted by molar-refractivity contribution is 5.94. The van der Waals surface area contributed by atoms with Crippen LogP contribution >= 0.6 is 0 Å². The van der Waals surface area contributed by atoms with E-state index in [0.29, 0.717) is 32.6 Å². The number of benzene rings is 1. The second-order valence-corrected chi connectivity index (χ2v) is 5.75. The van der Waals surface area contributed by atoms with Crippen molar-refractivity contribution in [3.8, 4) is 0 Å². The Morgan fingerprint density at radius 3 is 2.27 bits per heavy atom. The van der Waals surface area contributed by atoms with Crippen LogP contribution in [-0.2, 0) is 4.79 Å². The van der Waals surface area contributed by atoms with Gasteiger partial charge >= 0.3 is 0 Å². The lowest BCUT2D eigenvalue weighted by molar-refractivity contribution is -0.134. The minimum atomic E-state index is -1.03. The molecule has 0 atom stereocenters. The van der Waals surface area contributed by atoms with E-state index >= 15 is 0 Å². The minimum absolute atomic E-state index is 0.0714. The fourth-order valence-corrected chi connectivity index (χ4v) is 2.52. The van der Waals surface area contributed by atoms with Gasteiger partial charge in [0.25, 0.3) is 5.91 Å². The summed E-state index contributed by atoms with van der Waals surface area (Å²) >= 11 is 0. The number of carbonyl (C=O) groups excluding carboxylic acids is 2. The van der Waals surface area contributed by atoms with Gasteiger partial charge in [0.2, 0.25) is 5.91 Å². The number of halogens is 2. The van der Waals surface area contributed by atoms with Crippen molar-refractivity contribution in [2.75, 3.05) is 26.2 Å². The molecule has 6 heteroatoms. The zero-order chi connectivity index (χ0) is 16.3. The van der Waals surface area contributed by atoms with Crippen LogP contribution in [-0.4, -0.2) is 47.8 Å². The van der Waals surface area contributed by atoms with E-state index in [-0.39, 0.29) is 23.3 Å². The number of carbonyl (C=O) groups is 2. The molecule has 0 saturated carbocycles. The molecular formula is C16H20F2N2O2. The molecule has 0 N–H and O–H groups in total. The molecule has 0 aromatic heterocycles. The summed E-state index contributed by atoms with van der Waals surface area (Å²) in [5, 5.41) is 0. The van der Waals surface area contributed by atoms with Gasteiger partial charge in [0.15, 0.2) is 11.6 Å². The van der Waals surface area contributed by atoms with Gasteiger partial charge in [-0.25, -0.2) is 8.78 Å². The largest absolute Gasteiger partial charge is 0.341 e. The molecule has 0 spiro atoms. The number of rotatable bonds is 2. The van der Waals surface area contributed by atoms with Crippen LogP contribution in [0.25, 0.3) is 0 Å². The molecule has 0 unspecified atom stereocenters. The molecule has 0 radical (unpaired) electrons. The first kappa shape index (κ1) is 16.4. The van der Waals surface area contributed by atoms with E-state index in [1.807, 2.05) is 13.8 Å². The van der Waals surface area contributed by atoms with Gasteiger partial charge < -0.3 is 9.80 Å². The maximum absolute atomic E-state index is 13.2. The Bertz CT molecular complexity index is 575. The Hall–Kier alpha value is -1.98. The van der Waals surface area contributed by atoms with Gasteiger partial charge in [-0.15, -0.1) is 0 Å². The Balaban J connectivity index is 2.05. The van der Waals surface area contributed by atoms with Gasteiger partial charge in [0, 0.05) is 37.7 Å². The molecule has 1 fully saturated rings. The zero-order valence-corrected chi connectivity index (χ0v) is 12.8. The summed E-state index contributed by atoms with van der Waals surface area (Å²) in [4.78, 5) is 27.7. The molecular weight excluding hydrogens is 290 g/mol. The van der Waals surface area contributed by atoms with E-state index in [0.717, 1.165) is 12.1 Å². The van der Waals surface area contributed by atoms with E-state index in [1.54, 1.807) is 9.80 Å². The molecule has 120 valence electrons. The summed E-state index contributed by atoms with van der Waals surface area (Å²) in [7, 11) is 0. The predicted molar refractivity (Wildman–Crippen MR) is 78.3 cm³/mol. The first-order valence-electron chi connectivity index (χ1n) is 7.43. The van der Waals surface area contributed by atoms with Crippen LogP contribution in [0.3, 0.4) is 0 Å². The molecule has 1 aliphatic rings. The minimum Gasteiger partial charge on any atom is -0.341 e. The lowest BCUT2D eigenvalue weighted by Crippen LogP contribution is -2.39. The van der Waals surface area contributed by atoms with Gasteiger partial charge in [-0.2, -0.15) is 0 Å². The van der Waals surface area contributed by atoms with Crippen LogP contribution in [0.2, 0.25) is 0 Å². The van der Waals surface area contributed by atoms with Crippen LogP contribution < -0.4 is 0 Å². The van der Waals surface area contributed by atoms with Gasteiger partial charge in [0.05, 0.1) is 0 Å². The Kier molecular flexibility index (Phi) is 5.11. The van der Waals surface area contributed by atoms with Gasteiger partial charge in [0.1, 0.15) is 0 Å². The van der Waals surface area contributed by atoms with Crippen LogP contribution in [0.5, 0.6) is 0 Å². The Morgan fingerprint density at radius 2 is 1.64 bits per heavy atom. The van der Waals surface area contributed by atoms with Crippen molar-refractivity contribution in [3.05, 3.63) is 35.4 Å². The normalized spacial score (nSPS) is 15.9.